The molecule has 1 aromatic heterocycles. The van der Waals surface area contributed by atoms with Crippen molar-refractivity contribution in [2.75, 3.05) is 20.1 Å². The Morgan fingerprint density at radius 1 is 1.58 bits per heavy atom. The second kappa shape index (κ2) is 6.06. The molecule has 0 aliphatic heterocycles. The van der Waals surface area contributed by atoms with Gasteiger partial charge in [-0.1, -0.05) is 5.92 Å². The first-order valence-electron chi connectivity index (χ1n) is 6.24. The molecule has 0 radical (unpaired) electrons. The number of rotatable bonds is 7. The second-order valence-corrected chi connectivity index (χ2v) is 7.59. The zero-order valence-electron chi connectivity index (χ0n) is 10.9. The first-order valence-corrected chi connectivity index (χ1v) is 8.56. The van der Waals surface area contributed by atoms with E-state index in [4.69, 9.17) is 6.42 Å². The first-order chi connectivity index (χ1) is 9.09. The lowest BCUT2D eigenvalue weighted by molar-refractivity contribution is 0.429. The van der Waals surface area contributed by atoms with Crippen molar-refractivity contribution in [1.29, 1.82) is 0 Å². The molecule has 0 spiro atoms. The largest absolute Gasteiger partial charge is 0.315 e. The van der Waals surface area contributed by atoms with Gasteiger partial charge in [0.1, 0.15) is 0 Å². The van der Waals surface area contributed by atoms with Gasteiger partial charge in [0.25, 0.3) is 0 Å². The Morgan fingerprint density at radius 3 is 2.89 bits per heavy atom. The van der Waals surface area contributed by atoms with Gasteiger partial charge in [-0.15, -0.1) is 17.8 Å². The summed E-state index contributed by atoms with van der Waals surface area (Å²) in [6.07, 6.45) is 7.51. The highest BCUT2D eigenvalue weighted by atomic mass is 32.2. The standard InChI is InChI=1S/C13H18N2O2S2/c1-3-7-15(10-11-4-5-11)19(16,17)13-6-8-18-12(13)9-14-2/h1,6,8,11,14H,4-5,7,9-10H2,2H3. The summed E-state index contributed by atoms with van der Waals surface area (Å²) in [5.74, 6) is 2.94. The SMILES string of the molecule is C#CCN(CC1CC1)S(=O)(=O)c1ccsc1CNC. The van der Waals surface area contributed by atoms with Crippen LogP contribution in [-0.4, -0.2) is 32.9 Å². The molecule has 6 heteroatoms. The molecular weight excluding hydrogens is 280 g/mol. The molecule has 1 N–H and O–H groups in total. The van der Waals surface area contributed by atoms with Crippen LogP contribution in [-0.2, 0) is 16.6 Å². The summed E-state index contributed by atoms with van der Waals surface area (Å²) in [5.41, 5.74) is 0. The quantitative estimate of drug-likeness (QED) is 0.776. The third-order valence-electron chi connectivity index (χ3n) is 3.09. The Bertz CT molecular complexity index is 568. The van der Waals surface area contributed by atoms with Gasteiger partial charge >= 0.3 is 0 Å². The Hall–Kier alpha value is -0.870. The Labute approximate surface area is 118 Å². The number of nitrogens with zero attached hydrogens (tertiary/aromatic N) is 1. The summed E-state index contributed by atoms with van der Waals surface area (Å²) < 4.78 is 26.7. The van der Waals surface area contributed by atoms with Crippen molar-refractivity contribution in [2.24, 2.45) is 5.92 Å². The van der Waals surface area contributed by atoms with E-state index in [1.807, 2.05) is 5.38 Å². The first kappa shape index (κ1) is 14.5. The summed E-state index contributed by atoms with van der Waals surface area (Å²) in [5, 5.41) is 4.80. The Kier molecular flexibility index (Phi) is 4.63. The molecule has 1 aliphatic carbocycles. The number of hydrogen-bond acceptors (Lipinski definition) is 4. The monoisotopic (exact) mass is 298 g/mol. The molecule has 0 amide bonds. The number of thiophene rings is 1. The van der Waals surface area contributed by atoms with E-state index in [9.17, 15) is 8.42 Å². The molecule has 0 atom stereocenters. The van der Waals surface area contributed by atoms with E-state index in [1.165, 1.54) is 15.6 Å². The fourth-order valence-corrected chi connectivity index (χ4v) is 4.78. The van der Waals surface area contributed by atoms with E-state index in [-0.39, 0.29) is 6.54 Å². The van der Waals surface area contributed by atoms with Gasteiger partial charge in [0.2, 0.25) is 10.0 Å². The number of hydrogen-bond donors (Lipinski definition) is 1. The van der Waals surface area contributed by atoms with Crippen molar-refractivity contribution in [3.05, 3.63) is 16.3 Å². The molecule has 4 nitrogen and oxygen atoms in total. The lowest BCUT2D eigenvalue weighted by atomic mass is 10.4. The van der Waals surface area contributed by atoms with E-state index >= 15 is 0 Å². The molecule has 0 bridgehead atoms. The van der Waals surface area contributed by atoms with E-state index in [0.29, 0.717) is 23.9 Å². The fourth-order valence-electron chi connectivity index (χ4n) is 1.93. The van der Waals surface area contributed by atoms with Gasteiger partial charge in [0.05, 0.1) is 11.4 Å². The van der Waals surface area contributed by atoms with Gasteiger partial charge < -0.3 is 5.32 Å². The highest BCUT2D eigenvalue weighted by Gasteiger charge is 2.32. The van der Waals surface area contributed by atoms with E-state index in [2.05, 4.69) is 11.2 Å². The number of nitrogens with one attached hydrogen (secondary N) is 1. The van der Waals surface area contributed by atoms with Crippen LogP contribution in [0.15, 0.2) is 16.3 Å². The molecule has 0 unspecified atom stereocenters. The van der Waals surface area contributed by atoms with Crippen molar-refractivity contribution in [1.82, 2.24) is 9.62 Å². The minimum absolute atomic E-state index is 0.147. The summed E-state index contributed by atoms with van der Waals surface area (Å²) >= 11 is 1.45. The highest BCUT2D eigenvalue weighted by molar-refractivity contribution is 7.89. The van der Waals surface area contributed by atoms with E-state index in [0.717, 1.165) is 17.7 Å². The Morgan fingerprint density at radius 2 is 2.32 bits per heavy atom. The average molecular weight is 298 g/mol. The van der Waals surface area contributed by atoms with Crippen molar-refractivity contribution in [2.45, 2.75) is 24.3 Å². The molecule has 1 aromatic rings. The van der Waals surface area contributed by atoms with E-state index in [1.54, 1.807) is 13.1 Å². The smallest absolute Gasteiger partial charge is 0.245 e. The maximum absolute atomic E-state index is 12.7. The number of sulfonamides is 1. The van der Waals surface area contributed by atoms with Gasteiger partial charge in [-0.2, -0.15) is 4.31 Å². The molecular formula is C13H18N2O2S2. The predicted molar refractivity (Wildman–Crippen MR) is 77.4 cm³/mol. The van der Waals surface area contributed by atoms with Crippen molar-refractivity contribution < 1.29 is 8.42 Å². The lowest BCUT2D eigenvalue weighted by Crippen LogP contribution is -2.33. The third kappa shape index (κ3) is 3.37. The molecule has 104 valence electrons. The Balaban J connectivity index is 2.27. The molecule has 1 aliphatic rings. The lowest BCUT2D eigenvalue weighted by Gasteiger charge is -2.20. The van der Waals surface area contributed by atoms with Crippen LogP contribution in [0.5, 0.6) is 0 Å². The van der Waals surface area contributed by atoms with Gasteiger partial charge in [-0.3, -0.25) is 0 Å². The molecule has 1 heterocycles. The molecule has 19 heavy (non-hydrogen) atoms. The maximum atomic E-state index is 12.7. The molecule has 2 rings (SSSR count). The minimum Gasteiger partial charge on any atom is -0.315 e. The fraction of sp³-hybridized carbons (Fsp3) is 0.538. The zero-order valence-corrected chi connectivity index (χ0v) is 12.6. The average Bonchev–Trinajstić information content (AvgIpc) is 3.06. The molecule has 0 aromatic carbocycles. The summed E-state index contributed by atoms with van der Waals surface area (Å²) in [6.45, 7) is 1.24. The number of terminal acetylenes is 1. The van der Waals surface area contributed by atoms with Crippen LogP contribution >= 0.6 is 11.3 Å². The summed E-state index contributed by atoms with van der Waals surface area (Å²) in [7, 11) is -1.66. The highest BCUT2D eigenvalue weighted by Crippen LogP contribution is 2.32. The minimum atomic E-state index is -3.47. The van der Waals surface area contributed by atoms with Crippen molar-refractivity contribution in [3.8, 4) is 12.3 Å². The maximum Gasteiger partial charge on any atom is 0.245 e. The van der Waals surface area contributed by atoms with Crippen LogP contribution in [0.1, 0.15) is 17.7 Å². The van der Waals surface area contributed by atoms with Gasteiger partial charge in [-0.25, -0.2) is 8.42 Å². The summed E-state index contributed by atoms with van der Waals surface area (Å²) in [6, 6.07) is 1.67. The third-order valence-corrected chi connectivity index (χ3v) is 6.03. The molecule has 1 saturated carbocycles. The molecule has 0 saturated heterocycles. The van der Waals surface area contributed by atoms with Crippen LogP contribution in [0.4, 0.5) is 0 Å². The zero-order chi connectivity index (χ0) is 13.9. The van der Waals surface area contributed by atoms with Crippen molar-refractivity contribution >= 4 is 21.4 Å². The normalized spacial score (nSPS) is 15.6. The topological polar surface area (TPSA) is 49.4 Å². The van der Waals surface area contributed by atoms with Gasteiger partial charge in [-0.05, 0) is 37.3 Å². The summed E-state index contributed by atoms with van der Waals surface area (Å²) in [4.78, 5) is 1.23. The van der Waals surface area contributed by atoms with Crippen LogP contribution in [0.3, 0.4) is 0 Å². The van der Waals surface area contributed by atoms with Crippen molar-refractivity contribution in [3.63, 3.8) is 0 Å². The van der Waals surface area contributed by atoms with Crippen LogP contribution < -0.4 is 5.32 Å². The molecule has 1 fully saturated rings. The van der Waals surface area contributed by atoms with Crippen LogP contribution in [0.25, 0.3) is 0 Å². The van der Waals surface area contributed by atoms with Crippen LogP contribution in [0.2, 0.25) is 0 Å². The predicted octanol–water partition coefficient (Wildman–Crippen LogP) is 1.50. The van der Waals surface area contributed by atoms with Gasteiger partial charge in [0.15, 0.2) is 0 Å². The van der Waals surface area contributed by atoms with Crippen LogP contribution in [0, 0.1) is 18.3 Å². The second-order valence-electron chi connectivity index (χ2n) is 4.68. The van der Waals surface area contributed by atoms with Gasteiger partial charge in [0, 0.05) is 18.0 Å². The van der Waals surface area contributed by atoms with E-state index < -0.39 is 10.0 Å².